The first kappa shape index (κ1) is 13.1. The first-order chi connectivity index (χ1) is 10.3. The van der Waals surface area contributed by atoms with Gasteiger partial charge in [0.25, 0.3) is 0 Å². The smallest absolute Gasteiger partial charge is 0.151 e. The van der Waals surface area contributed by atoms with Gasteiger partial charge in [-0.05, 0) is 36.5 Å². The van der Waals surface area contributed by atoms with Crippen molar-refractivity contribution in [3.63, 3.8) is 0 Å². The van der Waals surface area contributed by atoms with Crippen molar-refractivity contribution >= 4 is 29.0 Å². The maximum Gasteiger partial charge on any atom is 0.151 e. The minimum Gasteiger partial charge on any atom is -0.488 e. The summed E-state index contributed by atoms with van der Waals surface area (Å²) in [6, 6.07) is 15.4. The Morgan fingerprint density at radius 3 is 2.71 bits per heavy atom. The van der Waals surface area contributed by atoms with E-state index in [1.54, 1.807) is 6.20 Å². The van der Waals surface area contributed by atoms with Gasteiger partial charge in [-0.25, -0.2) is 9.98 Å². The molecular formula is C17H15N3O. The van der Waals surface area contributed by atoms with Crippen LogP contribution in [-0.4, -0.2) is 11.7 Å². The molecule has 0 aliphatic heterocycles. The number of nitrogens with zero attached hydrogens (tertiary/aromatic N) is 2. The Morgan fingerprint density at radius 2 is 1.90 bits per heavy atom. The van der Waals surface area contributed by atoms with Gasteiger partial charge in [0.2, 0.25) is 0 Å². The first-order valence-electron chi connectivity index (χ1n) is 6.59. The number of rotatable bonds is 4. The molecule has 104 valence electrons. The Morgan fingerprint density at radius 1 is 1.10 bits per heavy atom. The van der Waals surface area contributed by atoms with Gasteiger partial charge in [0.15, 0.2) is 5.82 Å². The Balaban J connectivity index is 1.88. The van der Waals surface area contributed by atoms with Gasteiger partial charge in [0.05, 0.1) is 0 Å². The summed E-state index contributed by atoms with van der Waals surface area (Å²) < 4.78 is 5.91. The molecule has 21 heavy (non-hydrogen) atoms. The summed E-state index contributed by atoms with van der Waals surface area (Å²) in [5.74, 6) is 1.41. The van der Waals surface area contributed by atoms with Crippen LogP contribution >= 0.6 is 0 Å². The summed E-state index contributed by atoms with van der Waals surface area (Å²) in [7, 11) is 0. The number of anilines is 1. The van der Waals surface area contributed by atoms with E-state index < -0.39 is 0 Å². The molecule has 0 aliphatic carbocycles. The number of hydrogen-bond acceptors (Lipinski definition) is 4. The van der Waals surface area contributed by atoms with E-state index >= 15 is 0 Å². The fraction of sp³-hybridized carbons (Fsp3) is 0.0588. The molecule has 0 bridgehead atoms. The maximum absolute atomic E-state index is 5.99. The zero-order chi connectivity index (χ0) is 14.7. The van der Waals surface area contributed by atoms with Crippen molar-refractivity contribution in [3.8, 4) is 5.75 Å². The van der Waals surface area contributed by atoms with Crippen molar-refractivity contribution in [2.45, 2.75) is 6.61 Å². The molecule has 1 aromatic heterocycles. The standard InChI is InChI=1S/C17H15N3O/c1-19-17-10-12(8-9-20-17)11-21-16-7-6-15(18)13-4-2-3-5-14(13)16/h2-10H,1,11,18H2. The van der Waals surface area contributed by atoms with Crippen LogP contribution in [0.3, 0.4) is 0 Å². The maximum atomic E-state index is 5.99. The van der Waals surface area contributed by atoms with E-state index in [-0.39, 0.29) is 0 Å². The monoisotopic (exact) mass is 277 g/mol. The molecule has 0 unspecified atom stereocenters. The lowest BCUT2D eigenvalue weighted by Gasteiger charge is -2.11. The molecule has 0 amide bonds. The van der Waals surface area contributed by atoms with E-state index in [0.717, 1.165) is 27.8 Å². The topological polar surface area (TPSA) is 60.5 Å². The summed E-state index contributed by atoms with van der Waals surface area (Å²) in [6.45, 7) is 3.92. The van der Waals surface area contributed by atoms with Crippen LogP contribution in [0, 0.1) is 0 Å². The van der Waals surface area contributed by atoms with Gasteiger partial charge in [-0.3, -0.25) is 0 Å². The van der Waals surface area contributed by atoms with E-state index in [1.807, 2.05) is 48.5 Å². The van der Waals surface area contributed by atoms with E-state index in [2.05, 4.69) is 16.7 Å². The third-order valence-electron chi connectivity index (χ3n) is 3.28. The Bertz CT molecular complexity index is 799. The van der Waals surface area contributed by atoms with E-state index in [4.69, 9.17) is 10.5 Å². The molecule has 0 fully saturated rings. The van der Waals surface area contributed by atoms with Crippen LogP contribution in [-0.2, 0) is 6.61 Å². The predicted molar refractivity (Wildman–Crippen MR) is 86.1 cm³/mol. The zero-order valence-corrected chi connectivity index (χ0v) is 11.5. The lowest BCUT2D eigenvalue weighted by molar-refractivity contribution is 0.310. The fourth-order valence-corrected chi connectivity index (χ4v) is 2.22. The van der Waals surface area contributed by atoms with Crippen molar-refractivity contribution in [3.05, 3.63) is 60.3 Å². The quantitative estimate of drug-likeness (QED) is 0.584. The zero-order valence-electron chi connectivity index (χ0n) is 11.5. The molecule has 0 aliphatic rings. The van der Waals surface area contributed by atoms with Gasteiger partial charge < -0.3 is 10.5 Å². The minimum atomic E-state index is 0.443. The molecule has 2 aromatic carbocycles. The molecule has 1 heterocycles. The second-order valence-electron chi connectivity index (χ2n) is 4.67. The molecule has 4 heteroatoms. The first-order valence-corrected chi connectivity index (χ1v) is 6.59. The highest BCUT2D eigenvalue weighted by atomic mass is 16.5. The molecule has 0 atom stereocenters. The molecule has 3 rings (SSSR count). The van der Waals surface area contributed by atoms with Gasteiger partial charge in [-0.1, -0.05) is 24.3 Å². The summed E-state index contributed by atoms with van der Waals surface area (Å²) in [4.78, 5) is 7.89. The predicted octanol–water partition coefficient (Wildman–Crippen LogP) is 3.73. The van der Waals surface area contributed by atoms with Crippen LogP contribution in [0.15, 0.2) is 59.7 Å². The number of benzene rings is 2. The second kappa shape index (κ2) is 5.63. The molecule has 2 N–H and O–H groups in total. The highest BCUT2D eigenvalue weighted by Crippen LogP contribution is 2.30. The number of pyridine rings is 1. The van der Waals surface area contributed by atoms with Crippen molar-refractivity contribution in [1.29, 1.82) is 0 Å². The van der Waals surface area contributed by atoms with E-state index in [9.17, 15) is 0 Å². The average Bonchev–Trinajstić information content (AvgIpc) is 2.55. The van der Waals surface area contributed by atoms with Gasteiger partial charge >= 0.3 is 0 Å². The molecule has 4 nitrogen and oxygen atoms in total. The molecule has 0 saturated carbocycles. The van der Waals surface area contributed by atoms with Gasteiger partial charge in [-0.2, -0.15) is 0 Å². The Labute approximate surface area is 122 Å². The van der Waals surface area contributed by atoms with Gasteiger partial charge in [0, 0.05) is 22.7 Å². The number of hydrogen-bond donors (Lipinski definition) is 1. The number of fused-ring (bicyclic) bond motifs is 1. The summed E-state index contributed by atoms with van der Waals surface area (Å²) in [6.07, 6.45) is 1.70. The Hall–Kier alpha value is -2.88. The second-order valence-corrected chi connectivity index (χ2v) is 4.67. The molecule has 0 saturated heterocycles. The largest absolute Gasteiger partial charge is 0.488 e. The van der Waals surface area contributed by atoms with Crippen molar-refractivity contribution in [1.82, 2.24) is 4.98 Å². The summed E-state index contributed by atoms with van der Waals surface area (Å²) in [5.41, 5.74) is 7.73. The highest BCUT2D eigenvalue weighted by Gasteiger charge is 2.05. The van der Waals surface area contributed by atoms with Crippen LogP contribution in [0.25, 0.3) is 10.8 Å². The molecule has 0 spiro atoms. The lowest BCUT2D eigenvalue weighted by Crippen LogP contribution is -1.97. The number of aliphatic imine (C=N–C) groups is 1. The molecule has 3 aromatic rings. The SMILES string of the molecule is C=Nc1cc(COc2ccc(N)c3ccccc23)ccn1. The van der Waals surface area contributed by atoms with Crippen LogP contribution in [0.2, 0.25) is 0 Å². The van der Waals surface area contributed by atoms with Gasteiger partial charge in [0.1, 0.15) is 12.4 Å². The summed E-state index contributed by atoms with van der Waals surface area (Å²) in [5, 5.41) is 2.01. The molecular weight excluding hydrogens is 262 g/mol. The highest BCUT2D eigenvalue weighted by molar-refractivity contribution is 5.96. The number of ether oxygens (including phenoxy) is 1. The van der Waals surface area contributed by atoms with Crippen molar-refractivity contribution in [2.75, 3.05) is 5.73 Å². The third-order valence-corrected chi connectivity index (χ3v) is 3.28. The lowest BCUT2D eigenvalue weighted by atomic mass is 10.1. The third kappa shape index (κ3) is 2.69. The van der Waals surface area contributed by atoms with E-state index in [1.165, 1.54) is 0 Å². The van der Waals surface area contributed by atoms with Gasteiger partial charge in [-0.15, -0.1) is 0 Å². The average molecular weight is 277 g/mol. The van der Waals surface area contributed by atoms with Crippen molar-refractivity contribution < 1.29 is 4.74 Å². The van der Waals surface area contributed by atoms with Crippen LogP contribution in [0.4, 0.5) is 11.5 Å². The van der Waals surface area contributed by atoms with Crippen LogP contribution in [0.5, 0.6) is 5.75 Å². The normalized spacial score (nSPS) is 10.5. The Kier molecular flexibility index (Phi) is 3.51. The minimum absolute atomic E-state index is 0.443. The summed E-state index contributed by atoms with van der Waals surface area (Å²) >= 11 is 0. The van der Waals surface area contributed by atoms with Crippen LogP contribution in [0.1, 0.15) is 5.56 Å². The van der Waals surface area contributed by atoms with E-state index in [0.29, 0.717) is 12.4 Å². The van der Waals surface area contributed by atoms with Crippen LogP contribution < -0.4 is 10.5 Å². The van der Waals surface area contributed by atoms with Crippen molar-refractivity contribution in [2.24, 2.45) is 4.99 Å². The number of nitrogen functional groups attached to an aromatic ring is 1. The number of aromatic nitrogens is 1. The number of nitrogens with two attached hydrogens (primary N) is 1. The molecule has 0 radical (unpaired) electrons. The fourth-order valence-electron chi connectivity index (χ4n) is 2.22.